The van der Waals surface area contributed by atoms with Crippen molar-refractivity contribution in [3.05, 3.63) is 102 Å². The summed E-state index contributed by atoms with van der Waals surface area (Å²) in [4.78, 5) is 5.10. The van der Waals surface area contributed by atoms with Crippen LogP contribution in [0.2, 0.25) is 5.02 Å². The molecule has 0 fully saturated rings. The summed E-state index contributed by atoms with van der Waals surface area (Å²) in [5, 5.41) is 5.11. The summed E-state index contributed by atoms with van der Waals surface area (Å²) < 4.78 is 17.4. The van der Waals surface area contributed by atoms with Crippen LogP contribution in [0.15, 0.2) is 95.5 Å². The van der Waals surface area contributed by atoms with E-state index in [4.69, 9.17) is 25.7 Å². The van der Waals surface area contributed by atoms with Gasteiger partial charge >= 0.3 is 6.01 Å². The molecule has 0 spiro atoms. The number of oxazole rings is 1. The third-order valence-corrected chi connectivity index (χ3v) is 9.47. The first-order chi connectivity index (χ1) is 18.6. The van der Waals surface area contributed by atoms with Gasteiger partial charge in [-0.2, -0.15) is 4.98 Å². The number of halogens is 1. The van der Waals surface area contributed by atoms with E-state index in [1.807, 2.05) is 12.1 Å². The number of hydrogen-bond acceptors (Lipinski definition) is 4. The smallest absolute Gasteiger partial charge is 0.307 e. The fourth-order valence-corrected chi connectivity index (χ4v) is 7.79. The Morgan fingerprint density at radius 3 is 2.68 bits per heavy atom. The third-order valence-electron chi connectivity index (χ3n) is 8.07. The molecule has 7 aromatic rings. The molecule has 0 amide bonds. The maximum Gasteiger partial charge on any atom is 0.307 e. The van der Waals surface area contributed by atoms with Crippen molar-refractivity contribution in [2.45, 2.75) is 18.4 Å². The highest BCUT2D eigenvalue weighted by molar-refractivity contribution is 7.26. The van der Waals surface area contributed by atoms with E-state index in [0.717, 1.165) is 43.2 Å². The van der Waals surface area contributed by atoms with Gasteiger partial charge in [0, 0.05) is 48.5 Å². The molecule has 3 aromatic heterocycles. The second-order valence-electron chi connectivity index (χ2n) is 10.3. The number of fused-ring (bicyclic) bond motifs is 11. The number of para-hydroxylation sites is 1. The minimum absolute atomic E-state index is 0.178. The fourth-order valence-electron chi connectivity index (χ4n) is 6.34. The van der Waals surface area contributed by atoms with Gasteiger partial charge in [-0.15, -0.1) is 11.3 Å². The lowest BCUT2D eigenvalue weighted by atomic mass is 9.82. The van der Waals surface area contributed by atoms with Crippen molar-refractivity contribution in [2.75, 3.05) is 0 Å². The lowest BCUT2D eigenvalue weighted by Gasteiger charge is -2.27. The Morgan fingerprint density at radius 1 is 0.921 bits per heavy atom. The molecule has 1 aliphatic carbocycles. The Bertz CT molecular complexity index is 2220. The Morgan fingerprint density at radius 2 is 1.76 bits per heavy atom. The molecule has 4 aromatic carbocycles. The summed E-state index contributed by atoms with van der Waals surface area (Å²) in [6.45, 7) is 2.15. The standard InChI is InChI=1S/C32H19ClN2O2S/c1-32-13-7-6-10-21(32)20-14-19-17-8-2-4-11-23(17)35(24(19)16-25(20)37-32)31-34-29-28-18-9-3-5-12-26(18)38-27(28)15-22(33)30(29)36-31/h2-16,21H,1H3. The molecule has 6 heteroatoms. The highest BCUT2D eigenvalue weighted by Gasteiger charge is 2.43. The van der Waals surface area contributed by atoms with Gasteiger partial charge in [-0.25, -0.2) is 0 Å². The van der Waals surface area contributed by atoms with Gasteiger partial charge in [0.25, 0.3) is 0 Å². The number of ether oxygens (including phenoxy) is 1. The molecule has 0 saturated carbocycles. The van der Waals surface area contributed by atoms with E-state index in [2.05, 4.69) is 90.4 Å². The minimum Gasteiger partial charge on any atom is -0.482 e. The first-order valence-electron chi connectivity index (χ1n) is 12.6. The van der Waals surface area contributed by atoms with Crippen LogP contribution in [0.4, 0.5) is 0 Å². The number of thiophene rings is 1. The largest absolute Gasteiger partial charge is 0.482 e. The molecule has 2 aliphatic rings. The molecule has 0 radical (unpaired) electrons. The molecule has 0 saturated heterocycles. The summed E-state index contributed by atoms with van der Waals surface area (Å²) in [7, 11) is 0. The van der Waals surface area contributed by atoms with Crippen molar-refractivity contribution in [3.8, 4) is 11.8 Å². The maximum atomic E-state index is 6.77. The van der Waals surface area contributed by atoms with Crippen LogP contribution < -0.4 is 4.74 Å². The highest BCUT2D eigenvalue weighted by Crippen LogP contribution is 2.50. The van der Waals surface area contributed by atoms with Crippen LogP contribution in [0.5, 0.6) is 5.75 Å². The molecule has 0 N–H and O–H groups in total. The molecular formula is C32H19ClN2O2S. The zero-order chi connectivity index (χ0) is 25.2. The number of hydrogen-bond donors (Lipinski definition) is 0. The van der Waals surface area contributed by atoms with E-state index in [9.17, 15) is 0 Å². The van der Waals surface area contributed by atoms with Crippen molar-refractivity contribution in [2.24, 2.45) is 0 Å². The SMILES string of the molecule is CC12C=CC=CC1c1cc3c4ccccc4n(-c4nc5c(o4)c(Cl)cc4sc6ccccc6c45)c3cc1O2. The first-order valence-corrected chi connectivity index (χ1v) is 13.8. The van der Waals surface area contributed by atoms with Gasteiger partial charge in [0.2, 0.25) is 0 Å². The zero-order valence-corrected chi connectivity index (χ0v) is 21.8. The van der Waals surface area contributed by atoms with Crippen LogP contribution in [0.3, 0.4) is 0 Å². The van der Waals surface area contributed by atoms with Crippen LogP contribution in [-0.4, -0.2) is 15.2 Å². The highest BCUT2D eigenvalue weighted by atomic mass is 35.5. The van der Waals surface area contributed by atoms with E-state index in [0.29, 0.717) is 16.6 Å². The minimum atomic E-state index is -0.382. The van der Waals surface area contributed by atoms with Gasteiger partial charge in [-0.1, -0.05) is 66.2 Å². The van der Waals surface area contributed by atoms with Crippen molar-refractivity contribution in [1.29, 1.82) is 0 Å². The van der Waals surface area contributed by atoms with E-state index in [-0.39, 0.29) is 11.5 Å². The molecule has 182 valence electrons. The number of allylic oxidation sites excluding steroid dienone is 2. The second kappa shape index (κ2) is 7.07. The molecule has 38 heavy (non-hydrogen) atoms. The van der Waals surface area contributed by atoms with Gasteiger partial charge in [-0.05, 0) is 37.3 Å². The molecular weight excluding hydrogens is 512 g/mol. The van der Waals surface area contributed by atoms with Crippen LogP contribution in [0, 0.1) is 0 Å². The van der Waals surface area contributed by atoms with Crippen molar-refractivity contribution < 1.29 is 9.15 Å². The molecule has 4 nitrogen and oxygen atoms in total. The summed E-state index contributed by atoms with van der Waals surface area (Å²) in [6, 6.07) is 23.7. The number of aromatic nitrogens is 2. The molecule has 1 aliphatic heterocycles. The Hall–Kier alpha value is -4.06. The number of rotatable bonds is 1. The van der Waals surface area contributed by atoms with Gasteiger partial charge in [0.15, 0.2) is 5.58 Å². The zero-order valence-electron chi connectivity index (χ0n) is 20.2. The molecule has 2 atom stereocenters. The van der Waals surface area contributed by atoms with E-state index in [1.54, 1.807) is 11.3 Å². The summed E-state index contributed by atoms with van der Waals surface area (Å²) in [5.74, 6) is 1.07. The van der Waals surface area contributed by atoms with Gasteiger partial charge < -0.3 is 9.15 Å². The van der Waals surface area contributed by atoms with Crippen molar-refractivity contribution in [1.82, 2.24) is 9.55 Å². The predicted molar refractivity (Wildman–Crippen MR) is 156 cm³/mol. The maximum absolute atomic E-state index is 6.77. The van der Waals surface area contributed by atoms with Gasteiger partial charge in [-0.3, -0.25) is 4.57 Å². The topological polar surface area (TPSA) is 40.2 Å². The monoisotopic (exact) mass is 530 g/mol. The quantitative estimate of drug-likeness (QED) is 0.212. The van der Waals surface area contributed by atoms with Crippen LogP contribution >= 0.6 is 22.9 Å². The Balaban J connectivity index is 1.37. The van der Waals surface area contributed by atoms with Crippen LogP contribution in [0.1, 0.15) is 18.4 Å². The number of nitrogens with zero attached hydrogens (tertiary/aromatic N) is 2. The molecule has 0 bridgehead atoms. The van der Waals surface area contributed by atoms with Crippen LogP contribution in [0.25, 0.3) is 59.1 Å². The van der Waals surface area contributed by atoms with Gasteiger partial charge in [0.1, 0.15) is 16.9 Å². The average Bonchev–Trinajstić information content (AvgIpc) is 3.65. The van der Waals surface area contributed by atoms with E-state index < -0.39 is 0 Å². The lowest BCUT2D eigenvalue weighted by Crippen LogP contribution is -2.32. The second-order valence-corrected chi connectivity index (χ2v) is 11.8. The normalized spacial score (nSPS) is 20.2. The van der Waals surface area contributed by atoms with Crippen molar-refractivity contribution in [3.63, 3.8) is 0 Å². The first kappa shape index (κ1) is 20.9. The lowest BCUT2D eigenvalue weighted by molar-refractivity contribution is 0.155. The Labute approximate surface area is 226 Å². The molecule has 2 unspecified atom stereocenters. The molecule has 4 heterocycles. The summed E-state index contributed by atoms with van der Waals surface area (Å²) in [5.41, 5.74) is 4.24. The number of benzene rings is 4. The predicted octanol–water partition coefficient (Wildman–Crippen LogP) is 9.31. The van der Waals surface area contributed by atoms with Crippen LogP contribution in [-0.2, 0) is 0 Å². The third kappa shape index (κ3) is 2.58. The van der Waals surface area contributed by atoms with E-state index in [1.165, 1.54) is 15.6 Å². The summed E-state index contributed by atoms with van der Waals surface area (Å²) in [6.07, 6.45) is 8.55. The molecule has 9 rings (SSSR count). The average molecular weight is 531 g/mol. The van der Waals surface area contributed by atoms with E-state index >= 15 is 0 Å². The summed E-state index contributed by atoms with van der Waals surface area (Å²) >= 11 is 8.49. The van der Waals surface area contributed by atoms with Gasteiger partial charge in [0.05, 0.1) is 16.1 Å². The fraction of sp³-hybridized carbons (Fsp3) is 0.0938. The Kier molecular flexibility index (Phi) is 3.90. The van der Waals surface area contributed by atoms with Crippen molar-refractivity contribution >= 4 is 76.0 Å².